The molecule has 31 heavy (non-hydrogen) atoms. The maximum absolute atomic E-state index is 13.3. The Kier molecular flexibility index (Phi) is 4.95. The summed E-state index contributed by atoms with van der Waals surface area (Å²) >= 11 is 0. The highest BCUT2D eigenvalue weighted by molar-refractivity contribution is 7.89. The SMILES string of the molecule is Cc1nc([C@@]23CN(Cc4ccccc4)C[C@@H]2CCN(S(=O)(=O)c2cn(C)cn2)C3)no1. The van der Waals surface area contributed by atoms with Crippen LogP contribution in [0.2, 0.25) is 0 Å². The Morgan fingerprint density at radius 3 is 2.71 bits per heavy atom. The molecule has 0 radical (unpaired) electrons. The predicted molar refractivity (Wildman–Crippen MR) is 113 cm³/mol. The van der Waals surface area contributed by atoms with Gasteiger partial charge >= 0.3 is 0 Å². The van der Waals surface area contributed by atoms with Crippen molar-refractivity contribution in [2.24, 2.45) is 13.0 Å². The number of hydrogen-bond donors (Lipinski definition) is 0. The first-order valence-corrected chi connectivity index (χ1v) is 11.9. The summed E-state index contributed by atoms with van der Waals surface area (Å²) in [6.45, 7) is 4.91. The number of benzene rings is 1. The number of likely N-dealkylation sites (tertiary alicyclic amines) is 1. The largest absolute Gasteiger partial charge is 0.340 e. The lowest BCUT2D eigenvalue weighted by Gasteiger charge is -2.41. The molecular weight excluding hydrogens is 416 g/mol. The van der Waals surface area contributed by atoms with Gasteiger partial charge in [-0.1, -0.05) is 35.5 Å². The summed E-state index contributed by atoms with van der Waals surface area (Å²) in [5.74, 6) is 1.35. The van der Waals surface area contributed by atoms with Gasteiger partial charge in [0, 0.05) is 52.9 Å². The van der Waals surface area contributed by atoms with Crippen LogP contribution >= 0.6 is 0 Å². The number of imidazole rings is 1. The van der Waals surface area contributed by atoms with E-state index in [0.29, 0.717) is 31.3 Å². The van der Waals surface area contributed by atoms with Gasteiger partial charge in [0.05, 0.1) is 11.7 Å². The van der Waals surface area contributed by atoms with Crippen LogP contribution in [0, 0.1) is 12.8 Å². The highest BCUT2D eigenvalue weighted by Crippen LogP contribution is 2.45. The van der Waals surface area contributed by atoms with Crippen molar-refractivity contribution in [2.45, 2.75) is 30.3 Å². The summed E-state index contributed by atoms with van der Waals surface area (Å²) in [6, 6.07) is 10.3. The van der Waals surface area contributed by atoms with Crippen LogP contribution in [0.15, 0.2) is 52.4 Å². The lowest BCUT2D eigenvalue weighted by Crippen LogP contribution is -2.54. The van der Waals surface area contributed by atoms with Crippen LogP contribution in [0.1, 0.15) is 23.7 Å². The third kappa shape index (κ3) is 3.58. The normalized spacial score (nSPS) is 25.0. The third-order valence-corrected chi connectivity index (χ3v) is 8.19. The van der Waals surface area contributed by atoms with Gasteiger partial charge in [-0.2, -0.15) is 9.29 Å². The first kappa shape index (κ1) is 20.3. The lowest BCUT2D eigenvalue weighted by molar-refractivity contribution is 0.172. The highest BCUT2D eigenvalue weighted by atomic mass is 32.2. The van der Waals surface area contributed by atoms with Crippen molar-refractivity contribution in [2.75, 3.05) is 26.2 Å². The van der Waals surface area contributed by atoms with Crippen LogP contribution in [0.5, 0.6) is 0 Å². The number of aromatic nitrogens is 4. The molecule has 2 atom stereocenters. The Hall–Kier alpha value is -2.56. The molecule has 1 aromatic carbocycles. The fourth-order valence-electron chi connectivity index (χ4n) is 4.97. The first-order chi connectivity index (χ1) is 14.9. The van der Waals surface area contributed by atoms with E-state index < -0.39 is 15.4 Å². The Balaban J connectivity index is 1.47. The minimum Gasteiger partial charge on any atom is -0.340 e. The fraction of sp³-hybridized carbons (Fsp3) is 0.476. The van der Waals surface area contributed by atoms with Crippen LogP contribution in [0.3, 0.4) is 0 Å². The molecule has 2 fully saturated rings. The zero-order valence-corrected chi connectivity index (χ0v) is 18.5. The molecule has 2 aromatic heterocycles. The summed E-state index contributed by atoms with van der Waals surface area (Å²) in [5, 5.41) is 4.33. The van der Waals surface area contributed by atoms with Gasteiger partial charge in [0.15, 0.2) is 10.9 Å². The van der Waals surface area contributed by atoms with Crippen molar-refractivity contribution < 1.29 is 12.9 Å². The second kappa shape index (κ2) is 7.54. The minimum atomic E-state index is -3.70. The predicted octanol–water partition coefficient (Wildman–Crippen LogP) is 1.58. The van der Waals surface area contributed by atoms with E-state index in [2.05, 4.69) is 32.2 Å². The summed E-state index contributed by atoms with van der Waals surface area (Å²) < 4.78 is 35.1. The molecule has 3 aromatic rings. The van der Waals surface area contributed by atoms with Gasteiger partial charge in [0.25, 0.3) is 10.0 Å². The maximum Gasteiger partial charge on any atom is 0.262 e. The van der Waals surface area contributed by atoms with Crippen molar-refractivity contribution in [3.05, 3.63) is 60.1 Å². The summed E-state index contributed by atoms with van der Waals surface area (Å²) in [4.78, 5) is 11.0. The van der Waals surface area contributed by atoms with Gasteiger partial charge in [-0.3, -0.25) is 4.90 Å². The molecule has 9 nitrogen and oxygen atoms in total. The van der Waals surface area contributed by atoms with Gasteiger partial charge in [0.1, 0.15) is 0 Å². The highest BCUT2D eigenvalue weighted by Gasteiger charge is 2.55. The minimum absolute atomic E-state index is 0.0760. The van der Waals surface area contributed by atoms with Gasteiger partial charge in [0.2, 0.25) is 5.89 Å². The maximum atomic E-state index is 13.3. The number of piperidine rings is 1. The molecule has 0 N–H and O–H groups in total. The molecule has 2 aliphatic heterocycles. The van der Waals surface area contributed by atoms with E-state index in [-0.39, 0.29) is 10.9 Å². The Bertz CT molecular complexity index is 1170. The number of hydrogen-bond acceptors (Lipinski definition) is 7. The molecule has 0 aliphatic carbocycles. The van der Waals surface area contributed by atoms with Crippen LogP contribution in [0.4, 0.5) is 0 Å². The standard InChI is InChI=1S/C21H26N6O3S/c1-16-23-20(24-30-16)21-13-26(10-17-6-4-3-5-7-17)11-18(21)8-9-27(14-21)31(28,29)19-12-25(2)15-22-19/h3-7,12,15,18H,8-11,13-14H2,1-2H3/t18-,21+/m0/s1. The number of rotatable bonds is 5. The van der Waals surface area contributed by atoms with E-state index in [1.807, 2.05) is 18.2 Å². The van der Waals surface area contributed by atoms with E-state index in [1.54, 1.807) is 29.0 Å². The van der Waals surface area contributed by atoms with E-state index >= 15 is 0 Å². The molecule has 0 unspecified atom stereocenters. The van der Waals surface area contributed by atoms with E-state index in [0.717, 1.165) is 19.5 Å². The molecule has 0 spiro atoms. The number of nitrogens with zero attached hydrogens (tertiary/aromatic N) is 6. The fourth-order valence-corrected chi connectivity index (χ4v) is 6.46. The van der Waals surface area contributed by atoms with Crippen molar-refractivity contribution in [1.82, 2.24) is 28.9 Å². The Morgan fingerprint density at radius 1 is 1.23 bits per heavy atom. The molecular formula is C21H26N6O3S. The number of aryl methyl sites for hydroxylation is 2. The molecule has 0 amide bonds. The summed E-state index contributed by atoms with van der Waals surface area (Å²) in [5.41, 5.74) is 0.727. The lowest BCUT2D eigenvalue weighted by atomic mass is 9.73. The summed E-state index contributed by atoms with van der Waals surface area (Å²) in [6.07, 6.45) is 3.79. The monoisotopic (exact) mass is 442 g/mol. The smallest absolute Gasteiger partial charge is 0.262 e. The van der Waals surface area contributed by atoms with Gasteiger partial charge in [-0.25, -0.2) is 13.4 Å². The van der Waals surface area contributed by atoms with E-state index in [4.69, 9.17) is 4.52 Å². The molecule has 164 valence electrons. The quantitative estimate of drug-likeness (QED) is 0.592. The van der Waals surface area contributed by atoms with Crippen molar-refractivity contribution in [1.29, 1.82) is 0 Å². The van der Waals surface area contributed by atoms with Crippen LogP contribution in [-0.4, -0.2) is 63.5 Å². The van der Waals surface area contributed by atoms with Gasteiger partial charge < -0.3 is 9.09 Å². The summed E-state index contributed by atoms with van der Waals surface area (Å²) in [7, 11) is -1.93. The van der Waals surface area contributed by atoms with Crippen molar-refractivity contribution in [3.8, 4) is 0 Å². The van der Waals surface area contributed by atoms with Crippen LogP contribution in [0.25, 0.3) is 0 Å². The number of fused-ring (bicyclic) bond motifs is 1. The second-order valence-corrected chi connectivity index (χ2v) is 10.5. The average molecular weight is 443 g/mol. The molecule has 4 heterocycles. The van der Waals surface area contributed by atoms with Gasteiger partial charge in [-0.05, 0) is 17.9 Å². The van der Waals surface area contributed by atoms with Crippen LogP contribution < -0.4 is 0 Å². The van der Waals surface area contributed by atoms with Crippen LogP contribution in [-0.2, 0) is 29.0 Å². The molecule has 10 heteroatoms. The van der Waals surface area contributed by atoms with Crippen molar-refractivity contribution >= 4 is 10.0 Å². The van der Waals surface area contributed by atoms with E-state index in [9.17, 15) is 8.42 Å². The Morgan fingerprint density at radius 2 is 2.03 bits per heavy atom. The third-order valence-electron chi connectivity index (χ3n) is 6.46. The zero-order chi connectivity index (χ0) is 21.6. The molecule has 5 rings (SSSR count). The van der Waals surface area contributed by atoms with Gasteiger partial charge in [-0.15, -0.1) is 0 Å². The Labute approximate surface area is 181 Å². The molecule has 2 aliphatic rings. The second-order valence-electron chi connectivity index (χ2n) is 8.65. The zero-order valence-electron chi connectivity index (χ0n) is 17.7. The van der Waals surface area contributed by atoms with Crippen molar-refractivity contribution in [3.63, 3.8) is 0 Å². The molecule has 0 bridgehead atoms. The average Bonchev–Trinajstić information content (AvgIpc) is 3.46. The molecule has 0 saturated carbocycles. The first-order valence-electron chi connectivity index (χ1n) is 10.4. The molecule has 2 saturated heterocycles. The number of sulfonamides is 1. The topological polar surface area (TPSA) is 97.4 Å². The van der Waals surface area contributed by atoms with E-state index in [1.165, 1.54) is 11.9 Å².